The van der Waals surface area contributed by atoms with Gasteiger partial charge >= 0.3 is 0 Å². The molecule has 6 nitrogen and oxygen atoms in total. The van der Waals surface area contributed by atoms with Crippen molar-refractivity contribution >= 4 is 17.2 Å². The van der Waals surface area contributed by atoms with Crippen LogP contribution in [0.4, 0.5) is 10.1 Å². The third-order valence-corrected chi connectivity index (χ3v) is 7.15. The van der Waals surface area contributed by atoms with Crippen molar-refractivity contribution in [3.05, 3.63) is 40.7 Å². The molecule has 1 aromatic carbocycles. The number of fused-ring (bicyclic) bond motifs is 5. The van der Waals surface area contributed by atoms with E-state index in [-0.39, 0.29) is 30.3 Å². The zero-order valence-corrected chi connectivity index (χ0v) is 17.4. The highest BCUT2D eigenvalue weighted by Crippen LogP contribution is 2.50. The van der Waals surface area contributed by atoms with Gasteiger partial charge in [-0.2, -0.15) is 0 Å². The number of Topliss-reactive ketones (excluding diaryl/α,β-unsaturated/α-hetero) is 1. The number of benzene rings is 1. The summed E-state index contributed by atoms with van der Waals surface area (Å²) in [7, 11) is 0. The number of hydrogen-bond acceptors (Lipinski definition) is 6. The zero-order valence-electron chi connectivity index (χ0n) is 17.4. The molecule has 3 heterocycles. The summed E-state index contributed by atoms with van der Waals surface area (Å²) in [6.45, 7) is 4.47. The molecule has 0 saturated carbocycles. The summed E-state index contributed by atoms with van der Waals surface area (Å²) >= 11 is 0. The van der Waals surface area contributed by atoms with Crippen LogP contribution in [-0.2, 0) is 17.0 Å². The van der Waals surface area contributed by atoms with Crippen LogP contribution in [0.3, 0.4) is 0 Å². The fourth-order valence-electron chi connectivity index (χ4n) is 5.73. The molecule has 0 aliphatic carbocycles. The number of carbonyl (C=O) groups excluding carboxylic acids is 1. The number of hydrogen-bond donors (Lipinski definition) is 3. The molecule has 30 heavy (non-hydrogen) atoms. The Hall–Kier alpha value is -1.93. The van der Waals surface area contributed by atoms with E-state index in [9.17, 15) is 24.5 Å². The molecule has 0 spiro atoms. The summed E-state index contributed by atoms with van der Waals surface area (Å²) in [5.74, 6) is -0.520. The van der Waals surface area contributed by atoms with E-state index in [1.165, 1.54) is 12.1 Å². The van der Waals surface area contributed by atoms with Gasteiger partial charge in [0.25, 0.3) is 0 Å². The first kappa shape index (κ1) is 21.3. The van der Waals surface area contributed by atoms with Crippen molar-refractivity contribution < 1.29 is 24.5 Å². The monoisotopic (exact) mass is 416 g/mol. The van der Waals surface area contributed by atoms with Gasteiger partial charge in [-0.1, -0.05) is 19.4 Å². The lowest BCUT2D eigenvalue weighted by Gasteiger charge is -2.50. The Morgan fingerprint density at radius 3 is 2.80 bits per heavy atom. The minimum Gasteiger partial charge on any atom is -0.392 e. The molecule has 2 fully saturated rings. The van der Waals surface area contributed by atoms with Gasteiger partial charge in [0.2, 0.25) is 0 Å². The lowest BCUT2D eigenvalue weighted by Crippen LogP contribution is -2.60. The van der Waals surface area contributed by atoms with E-state index in [4.69, 9.17) is 0 Å². The maximum atomic E-state index is 14.0. The van der Waals surface area contributed by atoms with Crippen molar-refractivity contribution in [3.63, 3.8) is 0 Å². The second kappa shape index (κ2) is 7.96. The number of piperidine rings is 2. The maximum Gasteiger partial charge on any atom is 0.184 e. The van der Waals surface area contributed by atoms with E-state index < -0.39 is 18.0 Å². The normalized spacial score (nSPS) is 31.1. The molecule has 0 unspecified atom stereocenters. The summed E-state index contributed by atoms with van der Waals surface area (Å²) in [6.07, 6.45) is 3.74. The van der Waals surface area contributed by atoms with E-state index in [0.29, 0.717) is 47.5 Å². The number of aliphatic hydroxyl groups is 3. The Morgan fingerprint density at radius 2 is 2.17 bits per heavy atom. The number of rotatable bonds is 5. The molecule has 4 atom stereocenters. The number of aliphatic imine (C=N–C) groups is 1. The van der Waals surface area contributed by atoms with Crippen LogP contribution >= 0.6 is 0 Å². The third kappa shape index (κ3) is 3.15. The largest absolute Gasteiger partial charge is 0.392 e. The molecule has 7 heteroatoms. The van der Waals surface area contributed by atoms with Crippen LogP contribution in [0.5, 0.6) is 0 Å². The first-order valence-corrected chi connectivity index (χ1v) is 10.7. The summed E-state index contributed by atoms with van der Waals surface area (Å²) in [5, 5.41) is 30.8. The molecule has 0 radical (unpaired) electrons. The van der Waals surface area contributed by atoms with Gasteiger partial charge in [0, 0.05) is 18.7 Å². The van der Waals surface area contributed by atoms with Crippen molar-refractivity contribution in [2.75, 3.05) is 19.7 Å². The lowest BCUT2D eigenvalue weighted by molar-refractivity contribution is -0.119. The molecule has 3 aliphatic heterocycles. The van der Waals surface area contributed by atoms with Crippen LogP contribution in [0, 0.1) is 17.7 Å². The summed E-state index contributed by atoms with van der Waals surface area (Å²) in [5.41, 5.74) is 1.14. The highest BCUT2D eigenvalue weighted by atomic mass is 19.1. The molecule has 4 rings (SSSR count). The number of allylic oxidation sites excluding steroid dienone is 1. The minimum absolute atomic E-state index is 0.0382. The maximum absolute atomic E-state index is 14.0. The van der Waals surface area contributed by atoms with Crippen LogP contribution in [0.15, 0.2) is 28.8 Å². The second-order valence-electron chi connectivity index (χ2n) is 8.57. The van der Waals surface area contributed by atoms with Gasteiger partial charge in [-0.25, -0.2) is 4.39 Å². The van der Waals surface area contributed by atoms with Crippen molar-refractivity contribution in [1.82, 2.24) is 4.90 Å². The van der Waals surface area contributed by atoms with Crippen LogP contribution in [0.1, 0.15) is 44.2 Å². The van der Waals surface area contributed by atoms with Crippen molar-refractivity contribution in [3.8, 4) is 0 Å². The summed E-state index contributed by atoms with van der Waals surface area (Å²) in [4.78, 5) is 19.3. The lowest BCUT2D eigenvalue weighted by atomic mass is 9.69. The van der Waals surface area contributed by atoms with Crippen molar-refractivity contribution in [2.45, 2.75) is 51.4 Å². The molecular formula is C23H29FN2O4. The zero-order chi connectivity index (χ0) is 21.6. The molecule has 0 bridgehead atoms. The van der Waals surface area contributed by atoms with Gasteiger partial charge in [0.1, 0.15) is 18.0 Å². The molecule has 162 valence electrons. The second-order valence-corrected chi connectivity index (χ2v) is 8.57. The molecule has 3 aliphatic rings. The molecule has 0 aromatic heterocycles. The van der Waals surface area contributed by atoms with Gasteiger partial charge in [-0.05, 0) is 54.9 Å². The smallest absolute Gasteiger partial charge is 0.184 e. The van der Waals surface area contributed by atoms with Gasteiger partial charge in [-0.3, -0.25) is 14.7 Å². The molecule has 3 N–H and O–H groups in total. The summed E-state index contributed by atoms with van der Waals surface area (Å²) in [6, 6.07) is 2.39. The predicted molar refractivity (Wildman–Crippen MR) is 111 cm³/mol. The van der Waals surface area contributed by atoms with Gasteiger partial charge in [-0.15, -0.1) is 0 Å². The van der Waals surface area contributed by atoms with E-state index in [2.05, 4.69) is 16.8 Å². The van der Waals surface area contributed by atoms with E-state index in [1.54, 1.807) is 6.08 Å². The van der Waals surface area contributed by atoms with Gasteiger partial charge in [0.15, 0.2) is 5.78 Å². The molecule has 1 aromatic rings. The number of ketones is 1. The average Bonchev–Trinajstić information content (AvgIpc) is 3.05. The Kier molecular flexibility index (Phi) is 5.66. The Labute approximate surface area is 175 Å². The third-order valence-electron chi connectivity index (χ3n) is 7.15. The van der Waals surface area contributed by atoms with Gasteiger partial charge in [0.05, 0.1) is 24.0 Å². The topological polar surface area (TPSA) is 93.4 Å². The van der Waals surface area contributed by atoms with E-state index >= 15 is 0 Å². The summed E-state index contributed by atoms with van der Waals surface area (Å²) < 4.78 is 14.0. The first-order valence-electron chi connectivity index (χ1n) is 10.7. The average molecular weight is 416 g/mol. The SMILES string of the molecule is C/C=C(/C(=O)CO)[C@H]1C[C@H]2C3=Nc4cc(F)cc(CO)c4[C@@]3(O)CCN2C[C@H]1CC. The molecular weight excluding hydrogens is 387 g/mol. The van der Waals surface area contributed by atoms with E-state index in [1.807, 2.05) is 6.92 Å². The van der Waals surface area contributed by atoms with Crippen LogP contribution < -0.4 is 0 Å². The van der Waals surface area contributed by atoms with Gasteiger partial charge < -0.3 is 15.3 Å². The molecule has 2 saturated heterocycles. The standard InChI is InChI=1S/C23H29FN2O4/c1-3-13-10-26-6-5-23(30)21-14(11-27)7-15(24)8-18(21)25-22(23)19(26)9-17(13)16(4-2)20(29)12-28/h4,7-8,13,17,19,27-28,30H,3,5-6,9-12H2,1-2H3/b16-4+/t13-,17+,19+,23+/m1/s1. The minimum atomic E-state index is -1.33. The number of aliphatic hydroxyl groups excluding tert-OH is 2. The first-order chi connectivity index (χ1) is 14.4. The Balaban J connectivity index is 1.74. The Bertz CT molecular complexity index is 928. The van der Waals surface area contributed by atoms with E-state index in [0.717, 1.165) is 13.0 Å². The van der Waals surface area contributed by atoms with Crippen molar-refractivity contribution in [2.24, 2.45) is 16.8 Å². The molecule has 0 amide bonds. The highest BCUT2D eigenvalue weighted by Gasteiger charge is 2.53. The fourth-order valence-corrected chi connectivity index (χ4v) is 5.73. The predicted octanol–water partition coefficient (Wildman–Crippen LogP) is 2.22. The quantitative estimate of drug-likeness (QED) is 0.640. The van der Waals surface area contributed by atoms with Crippen molar-refractivity contribution in [1.29, 1.82) is 0 Å². The number of nitrogens with zero attached hydrogens (tertiary/aromatic N) is 2. The van der Waals surface area contributed by atoms with Crippen LogP contribution in [0.2, 0.25) is 0 Å². The Morgan fingerprint density at radius 1 is 1.40 bits per heavy atom. The van der Waals surface area contributed by atoms with Crippen LogP contribution in [0.25, 0.3) is 0 Å². The number of carbonyl (C=O) groups is 1. The highest BCUT2D eigenvalue weighted by molar-refractivity contribution is 6.05. The van der Waals surface area contributed by atoms with Crippen LogP contribution in [-0.4, -0.2) is 57.5 Å². The fraction of sp³-hybridized carbons (Fsp3) is 0.565. The number of halogens is 1.